The lowest BCUT2D eigenvalue weighted by atomic mass is 10.2. The molecule has 1 aliphatic rings. The first-order valence-electron chi connectivity index (χ1n) is 9.25. The highest BCUT2D eigenvalue weighted by Crippen LogP contribution is 2.24. The van der Waals surface area contributed by atoms with Gasteiger partial charge in [-0.25, -0.2) is 4.39 Å². The van der Waals surface area contributed by atoms with Gasteiger partial charge in [-0.15, -0.1) is 0 Å². The van der Waals surface area contributed by atoms with Crippen molar-refractivity contribution in [2.24, 2.45) is 4.99 Å². The number of furan rings is 1. The highest BCUT2D eigenvalue weighted by molar-refractivity contribution is 5.79. The summed E-state index contributed by atoms with van der Waals surface area (Å²) in [5, 5.41) is 6.58. The topological polar surface area (TPSA) is 62.0 Å². The number of guanidine groups is 1. The van der Waals surface area contributed by atoms with E-state index in [0.717, 1.165) is 24.4 Å². The number of ether oxygens (including phenoxy) is 1. The van der Waals surface area contributed by atoms with E-state index in [1.807, 2.05) is 18.2 Å². The van der Waals surface area contributed by atoms with Gasteiger partial charge >= 0.3 is 0 Å². The largest absolute Gasteiger partial charge is 0.494 e. The molecule has 2 heterocycles. The molecule has 1 aromatic heterocycles. The third kappa shape index (κ3) is 5.01. The molecule has 146 valence electrons. The van der Waals surface area contributed by atoms with Gasteiger partial charge < -0.3 is 19.8 Å². The molecule has 2 N–H and O–H groups in total. The van der Waals surface area contributed by atoms with Gasteiger partial charge in [0, 0.05) is 20.1 Å². The van der Waals surface area contributed by atoms with Crippen LogP contribution < -0.4 is 15.4 Å². The number of nitrogens with zero attached hydrogens (tertiary/aromatic N) is 2. The minimum Gasteiger partial charge on any atom is -0.494 e. The van der Waals surface area contributed by atoms with Crippen molar-refractivity contribution in [3.63, 3.8) is 0 Å². The van der Waals surface area contributed by atoms with Crippen LogP contribution in [0.4, 0.5) is 4.39 Å². The summed E-state index contributed by atoms with van der Waals surface area (Å²) in [7, 11) is 3.18. The number of nitrogens with one attached hydrogen (secondary N) is 2. The van der Waals surface area contributed by atoms with Crippen LogP contribution in [-0.2, 0) is 6.54 Å². The predicted molar refractivity (Wildman–Crippen MR) is 103 cm³/mol. The summed E-state index contributed by atoms with van der Waals surface area (Å²) >= 11 is 0. The standard InChI is InChI=1S/C20H27FN4O2/c1-22-20(23-13-15-7-8-18(26-2)16(21)12-15)24-14-17(19-6-5-11-27-19)25-9-3-4-10-25/h5-8,11-12,17H,3-4,9-10,13-14H2,1-2H3,(H2,22,23,24). The minimum atomic E-state index is -0.369. The van der Waals surface area contributed by atoms with Gasteiger partial charge in [0.05, 0.1) is 19.4 Å². The SMILES string of the molecule is CN=C(NCc1ccc(OC)c(F)c1)NCC(c1ccco1)N1CCCC1. The average Bonchev–Trinajstić information content (AvgIpc) is 3.39. The van der Waals surface area contributed by atoms with E-state index in [0.29, 0.717) is 19.0 Å². The Hall–Kier alpha value is -2.54. The van der Waals surface area contributed by atoms with Gasteiger partial charge in [-0.05, 0) is 55.8 Å². The van der Waals surface area contributed by atoms with Crippen molar-refractivity contribution in [2.75, 3.05) is 33.8 Å². The van der Waals surface area contributed by atoms with Crippen LogP contribution in [0.25, 0.3) is 0 Å². The molecule has 0 spiro atoms. The number of likely N-dealkylation sites (tertiary alicyclic amines) is 1. The van der Waals surface area contributed by atoms with Crippen molar-refractivity contribution >= 4 is 5.96 Å². The fourth-order valence-corrected chi connectivity index (χ4v) is 3.36. The van der Waals surface area contributed by atoms with Crippen molar-refractivity contribution in [1.82, 2.24) is 15.5 Å². The molecule has 1 fully saturated rings. The maximum absolute atomic E-state index is 13.8. The number of rotatable bonds is 7. The van der Waals surface area contributed by atoms with Crippen LogP contribution >= 0.6 is 0 Å². The third-order valence-electron chi connectivity index (χ3n) is 4.82. The van der Waals surface area contributed by atoms with Crippen LogP contribution in [0, 0.1) is 5.82 Å². The van der Waals surface area contributed by atoms with E-state index in [1.54, 1.807) is 19.4 Å². The fourth-order valence-electron chi connectivity index (χ4n) is 3.36. The molecule has 0 bridgehead atoms. The third-order valence-corrected chi connectivity index (χ3v) is 4.82. The van der Waals surface area contributed by atoms with Crippen molar-refractivity contribution in [1.29, 1.82) is 0 Å². The Bertz CT molecular complexity index is 742. The molecule has 6 nitrogen and oxygen atoms in total. The van der Waals surface area contributed by atoms with Crippen molar-refractivity contribution in [3.8, 4) is 5.75 Å². The van der Waals surface area contributed by atoms with Gasteiger partial charge in [0.15, 0.2) is 17.5 Å². The molecule has 7 heteroatoms. The summed E-state index contributed by atoms with van der Waals surface area (Å²) in [4.78, 5) is 6.69. The van der Waals surface area contributed by atoms with E-state index in [-0.39, 0.29) is 17.6 Å². The Morgan fingerprint density at radius 3 is 2.74 bits per heavy atom. The Labute approximate surface area is 159 Å². The molecule has 1 aromatic carbocycles. The fraction of sp³-hybridized carbons (Fsp3) is 0.450. The average molecular weight is 374 g/mol. The maximum atomic E-state index is 13.8. The number of halogens is 1. The summed E-state index contributed by atoms with van der Waals surface area (Å²) in [6.45, 7) is 3.30. The lowest BCUT2D eigenvalue weighted by Gasteiger charge is -2.26. The number of hydrogen-bond donors (Lipinski definition) is 2. The first-order chi connectivity index (χ1) is 13.2. The summed E-state index contributed by atoms with van der Waals surface area (Å²) in [6.07, 6.45) is 4.14. The molecule has 27 heavy (non-hydrogen) atoms. The summed E-state index contributed by atoms with van der Waals surface area (Å²) < 4.78 is 24.4. The van der Waals surface area contributed by atoms with Gasteiger partial charge in [-0.2, -0.15) is 0 Å². The van der Waals surface area contributed by atoms with Gasteiger partial charge in [-0.1, -0.05) is 6.07 Å². The Morgan fingerprint density at radius 2 is 2.11 bits per heavy atom. The number of benzene rings is 1. The smallest absolute Gasteiger partial charge is 0.191 e. The Balaban J connectivity index is 1.57. The van der Waals surface area contributed by atoms with Gasteiger partial charge in [0.25, 0.3) is 0 Å². The normalized spacial score (nSPS) is 16.3. The number of hydrogen-bond acceptors (Lipinski definition) is 4. The van der Waals surface area contributed by atoms with Gasteiger partial charge in [0.2, 0.25) is 0 Å². The highest BCUT2D eigenvalue weighted by atomic mass is 19.1. The summed E-state index contributed by atoms with van der Waals surface area (Å²) in [5.41, 5.74) is 0.818. The van der Waals surface area contributed by atoms with E-state index in [4.69, 9.17) is 9.15 Å². The Morgan fingerprint density at radius 1 is 1.30 bits per heavy atom. The van der Waals surface area contributed by atoms with Crippen LogP contribution in [0.1, 0.15) is 30.2 Å². The van der Waals surface area contributed by atoms with E-state index >= 15 is 0 Å². The predicted octanol–water partition coefficient (Wildman–Crippen LogP) is 2.93. The van der Waals surface area contributed by atoms with Crippen molar-refractivity contribution in [2.45, 2.75) is 25.4 Å². The second kappa shape index (κ2) is 9.41. The quantitative estimate of drug-likeness (QED) is 0.576. The molecular formula is C20H27FN4O2. The second-order valence-corrected chi connectivity index (χ2v) is 6.55. The molecule has 2 aromatic rings. The van der Waals surface area contributed by atoms with Gasteiger partial charge in [-0.3, -0.25) is 9.89 Å². The molecule has 0 saturated carbocycles. The zero-order valence-electron chi connectivity index (χ0n) is 15.9. The lowest BCUT2D eigenvalue weighted by Crippen LogP contribution is -2.42. The zero-order chi connectivity index (χ0) is 19.1. The first kappa shape index (κ1) is 19.2. The Kier molecular flexibility index (Phi) is 6.70. The van der Waals surface area contributed by atoms with E-state index in [9.17, 15) is 4.39 Å². The summed E-state index contributed by atoms with van der Waals surface area (Å²) in [6, 6.07) is 9.03. The number of methoxy groups -OCH3 is 1. The van der Waals surface area contributed by atoms with Gasteiger partial charge in [0.1, 0.15) is 5.76 Å². The molecular weight excluding hydrogens is 347 g/mol. The molecule has 0 aliphatic carbocycles. The second-order valence-electron chi connectivity index (χ2n) is 6.55. The van der Waals surface area contributed by atoms with Crippen LogP contribution in [-0.4, -0.2) is 44.7 Å². The van der Waals surface area contributed by atoms with E-state index < -0.39 is 0 Å². The molecule has 0 radical (unpaired) electrons. The molecule has 1 unspecified atom stereocenters. The van der Waals surface area contributed by atoms with Crippen molar-refractivity contribution < 1.29 is 13.5 Å². The molecule has 1 aliphatic heterocycles. The lowest BCUT2D eigenvalue weighted by molar-refractivity contribution is 0.215. The van der Waals surface area contributed by atoms with Crippen LogP contribution in [0.2, 0.25) is 0 Å². The van der Waals surface area contributed by atoms with E-state index in [1.165, 1.54) is 26.0 Å². The molecule has 0 amide bonds. The van der Waals surface area contributed by atoms with Crippen LogP contribution in [0.15, 0.2) is 46.0 Å². The monoisotopic (exact) mass is 374 g/mol. The van der Waals surface area contributed by atoms with E-state index in [2.05, 4.69) is 20.5 Å². The zero-order valence-corrected chi connectivity index (χ0v) is 15.9. The highest BCUT2D eigenvalue weighted by Gasteiger charge is 2.25. The van der Waals surface area contributed by atoms with Crippen LogP contribution in [0.3, 0.4) is 0 Å². The summed E-state index contributed by atoms with van der Waals surface area (Å²) in [5.74, 6) is 1.50. The van der Waals surface area contributed by atoms with Crippen molar-refractivity contribution in [3.05, 3.63) is 53.7 Å². The molecule has 1 saturated heterocycles. The molecule has 1 atom stereocenters. The minimum absolute atomic E-state index is 0.166. The number of aliphatic imine (C=N–C) groups is 1. The molecule has 3 rings (SSSR count). The van der Waals surface area contributed by atoms with Crippen LogP contribution in [0.5, 0.6) is 5.75 Å². The first-order valence-corrected chi connectivity index (χ1v) is 9.25. The maximum Gasteiger partial charge on any atom is 0.191 e.